The van der Waals surface area contributed by atoms with E-state index in [0.29, 0.717) is 5.92 Å². The molecule has 0 aliphatic carbocycles. The van der Waals surface area contributed by atoms with Crippen LogP contribution in [0.15, 0.2) is 47.7 Å². The molecule has 0 amide bonds. The molecular formula is C17H25ClIN5. The van der Waals surface area contributed by atoms with Gasteiger partial charge >= 0.3 is 0 Å². The van der Waals surface area contributed by atoms with Gasteiger partial charge < -0.3 is 10.6 Å². The SMILES string of the molecule is CN=C(NCCc1ccccc1Cl)NCC(C)Cn1cccn1.I. The zero-order valence-electron chi connectivity index (χ0n) is 14.1. The summed E-state index contributed by atoms with van der Waals surface area (Å²) in [7, 11) is 1.78. The molecule has 1 unspecified atom stereocenters. The molecule has 5 nitrogen and oxygen atoms in total. The largest absolute Gasteiger partial charge is 0.356 e. The van der Waals surface area contributed by atoms with E-state index in [1.807, 2.05) is 41.2 Å². The number of aliphatic imine (C=N–C) groups is 1. The second kappa shape index (κ2) is 11.3. The Balaban J connectivity index is 0.00000288. The van der Waals surface area contributed by atoms with Gasteiger partial charge in [-0.1, -0.05) is 36.7 Å². The molecule has 2 N–H and O–H groups in total. The smallest absolute Gasteiger partial charge is 0.190 e. The van der Waals surface area contributed by atoms with Crippen molar-refractivity contribution in [2.75, 3.05) is 20.1 Å². The van der Waals surface area contributed by atoms with Crippen molar-refractivity contribution in [3.63, 3.8) is 0 Å². The molecule has 0 saturated carbocycles. The average molecular weight is 462 g/mol. The average Bonchev–Trinajstić information content (AvgIpc) is 3.05. The van der Waals surface area contributed by atoms with Crippen molar-refractivity contribution < 1.29 is 0 Å². The first-order chi connectivity index (χ1) is 11.2. The maximum Gasteiger partial charge on any atom is 0.190 e. The molecule has 0 spiro atoms. The summed E-state index contributed by atoms with van der Waals surface area (Å²) < 4.78 is 1.94. The minimum absolute atomic E-state index is 0. The summed E-state index contributed by atoms with van der Waals surface area (Å²) in [4.78, 5) is 4.25. The number of guanidine groups is 1. The summed E-state index contributed by atoms with van der Waals surface area (Å²) in [5.74, 6) is 1.27. The van der Waals surface area contributed by atoms with Crippen LogP contribution in [0.1, 0.15) is 12.5 Å². The van der Waals surface area contributed by atoms with Crippen LogP contribution in [0, 0.1) is 5.92 Å². The zero-order valence-corrected chi connectivity index (χ0v) is 17.2. The van der Waals surface area contributed by atoms with Crippen LogP contribution in [0.25, 0.3) is 0 Å². The van der Waals surface area contributed by atoms with Crippen LogP contribution < -0.4 is 10.6 Å². The van der Waals surface area contributed by atoms with Gasteiger partial charge in [-0.2, -0.15) is 5.10 Å². The summed E-state index contributed by atoms with van der Waals surface area (Å²) in [6.07, 6.45) is 4.64. The van der Waals surface area contributed by atoms with Crippen LogP contribution in [0.2, 0.25) is 5.02 Å². The Labute approximate surface area is 165 Å². The second-order valence-electron chi connectivity index (χ2n) is 5.55. The van der Waals surface area contributed by atoms with Crippen molar-refractivity contribution in [3.8, 4) is 0 Å². The van der Waals surface area contributed by atoms with E-state index in [2.05, 4.69) is 27.6 Å². The summed E-state index contributed by atoms with van der Waals surface area (Å²) in [5.41, 5.74) is 1.14. The highest BCUT2D eigenvalue weighted by Crippen LogP contribution is 2.14. The van der Waals surface area contributed by atoms with Gasteiger partial charge in [-0.15, -0.1) is 24.0 Å². The third-order valence-corrected chi connectivity index (χ3v) is 3.91. The Morgan fingerprint density at radius 1 is 1.29 bits per heavy atom. The zero-order chi connectivity index (χ0) is 16.5. The normalized spacial score (nSPS) is 12.4. The number of halogens is 2. The van der Waals surface area contributed by atoms with Gasteiger partial charge in [-0.25, -0.2) is 0 Å². The van der Waals surface area contributed by atoms with Crippen molar-refractivity contribution in [1.29, 1.82) is 0 Å². The first kappa shape index (κ1) is 20.8. The van der Waals surface area contributed by atoms with Gasteiger partial charge in [0.2, 0.25) is 0 Å². The number of nitrogens with one attached hydrogen (secondary N) is 2. The fourth-order valence-corrected chi connectivity index (χ4v) is 2.53. The van der Waals surface area contributed by atoms with Crippen molar-refractivity contribution in [3.05, 3.63) is 53.3 Å². The van der Waals surface area contributed by atoms with Gasteiger partial charge in [-0.3, -0.25) is 9.67 Å². The van der Waals surface area contributed by atoms with Crippen molar-refractivity contribution in [2.45, 2.75) is 19.9 Å². The van der Waals surface area contributed by atoms with Crippen molar-refractivity contribution >= 4 is 41.5 Å². The fourth-order valence-electron chi connectivity index (χ4n) is 2.30. The van der Waals surface area contributed by atoms with Crippen molar-refractivity contribution in [2.24, 2.45) is 10.9 Å². The summed E-state index contributed by atoms with van der Waals surface area (Å²) in [5, 5.41) is 11.7. The number of benzene rings is 1. The summed E-state index contributed by atoms with van der Waals surface area (Å²) in [6.45, 7) is 4.70. The van der Waals surface area contributed by atoms with E-state index < -0.39 is 0 Å². The lowest BCUT2D eigenvalue weighted by atomic mass is 10.1. The van der Waals surface area contributed by atoms with Crippen LogP contribution in [0.4, 0.5) is 0 Å². The Morgan fingerprint density at radius 3 is 2.75 bits per heavy atom. The molecule has 1 aromatic carbocycles. The van der Waals surface area contributed by atoms with Gasteiger partial charge in [0.1, 0.15) is 0 Å². The van der Waals surface area contributed by atoms with E-state index >= 15 is 0 Å². The van der Waals surface area contributed by atoms with Crippen LogP contribution in [0.3, 0.4) is 0 Å². The van der Waals surface area contributed by atoms with Gasteiger partial charge in [0, 0.05) is 44.1 Å². The maximum absolute atomic E-state index is 6.16. The molecule has 0 aliphatic rings. The number of nitrogens with zero attached hydrogens (tertiary/aromatic N) is 3. The standard InChI is InChI=1S/C17H24ClN5.HI/c1-14(13-23-11-5-9-22-23)12-21-17(19-2)20-10-8-15-6-3-4-7-16(15)18;/h3-7,9,11,14H,8,10,12-13H2,1-2H3,(H2,19,20,21);1H. The first-order valence-corrected chi connectivity index (χ1v) is 8.22. The van der Waals surface area contributed by atoms with Crippen LogP contribution in [-0.4, -0.2) is 35.9 Å². The lowest BCUT2D eigenvalue weighted by Crippen LogP contribution is -2.40. The van der Waals surface area contributed by atoms with Gasteiger partial charge in [0.25, 0.3) is 0 Å². The third-order valence-electron chi connectivity index (χ3n) is 3.54. The number of aromatic nitrogens is 2. The maximum atomic E-state index is 6.16. The van der Waals surface area contributed by atoms with Crippen LogP contribution >= 0.6 is 35.6 Å². The van der Waals surface area contributed by atoms with Gasteiger partial charge in [-0.05, 0) is 30.0 Å². The fraction of sp³-hybridized carbons (Fsp3) is 0.412. The highest BCUT2D eigenvalue weighted by atomic mass is 127. The van der Waals surface area contributed by atoms with E-state index in [-0.39, 0.29) is 24.0 Å². The number of rotatable bonds is 7. The predicted octanol–water partition coefficient (Wildman–Crippen LogP) is 3.20. The molecule has 132 valence electrons. The van der Waals surface area contributed by atoms with E-state index in [9.17, 15) is 0 Å². The van der Waals surface area contributed by atoms with E-state index in [1.54, 1.807) is 13.2 Å². The minimum Gasteiger partial charge on any atom is -0.356 e. The van der Waals surface area contributed by atoms with E-state index in [1.165, 1.54) is 0 Å². The molecule has 0 bridgehead atoms. The number of hydrogen-bond acceptors (Lipinski definition) is 2. The topological polar surface area (TPSA) is 54.2 Å². The van der Waals surface area contributed by atoms with Gasteiger partial charge in [0.05, 0.1) is 0 Å². The van der Waals surface area contributed by atoms with Gasteiger partial charge in [0.15, 0.2) is 5.96 Å². The molecule has 0 saturated heterocycles. The Hall–Kier alpha value is -1.28. The second-order valence-corrected chi connectivity index (χ2v) is 5.96. The molecule has 1 aromatic heterocycles. The Kier molecular flexibility index (Phi) is 9.78. The highest BCUT2D eigenvalue weighted by molar-refractivity contribution is 14.0. The summed E-state index contributed by atoms with van der Waals surface area (Å²) >= 11 is 6.16. The third kappa shape index (κ3) is 7.09. The first-order valence-electron chi connectivity index (χ1n) is 7.84. The lowest BCUT2D eigenvalue weighted by Gasteiger charge is -2.16. The quantitative estimate of drug-likeness (QED) is 0.378. The lowest BCUT2D eigenvalue weighted by molar-refractivity contribution is 0.443. The molecule has 2 aromatic rings. The monoisotopic (exact) mass is 461 g/mol. The molecule has 1 heterocycles. The Bertz CT molecular complexity index is 615. The minimum atomic E-state index is 0. The molecule has 1 atom stereocenters. The molecule has 24 heavy (non-hydrogen) atoms. The summed E-state index contributed by atoms with van der Waals surface area (Å²) in [6, 6.07) is 9.86. The van der Waals surface area contributed by atoms with Crippen LogP contribution in [-0.2, 0) is 13.0 Å². The molecule has 2 rings (SSSR count). The van der Waals surface area contributed by atoms with E-state index in [0.717, 1.165) is 42.6 Å². The van der Waals surface area contributed by atoms with Crippen molar-refractivity contribution in [1.82, 2.24) is 20.4 Å². The molecule has 0 fully saturated rings. The highest BCUT2D eigenvalue weighted by Gasteiger charge is 2.05. The predicted molar refractivity (Wildman–Crippen MR) is 111 cm³/mol. The Morgan fingerprint density at radius 2 is 2.08 bits per heavy atom. The van der Waals surface area contributed by atoms with E-state index in [4.69, 9.17) is 11.6 Å². The molecular weight excluding hydrogens is 437 g/mol. The molecule has 0 aliphatic heterocycles. The number of hydrogen-bond donors (Lipinski definition) is 2. The van der Waals surface area contributed by atoms with Crippen LogP contribution in [0.5, 0.6) is 0 Å². The molecule has 7 heteroatoms. The molecule has 0 radical (unpaired) electrons.